The Hall–Kier alpha value is -0.560. The zero-order valence-corrected chi connectivity index (χ0v) is 10.5. The lowest BCUT2D eigenvalue weighted by molar-refractivity contribution is -0.130. The van der Waals surface area contributed by atoms with Gasteiger partial charge in [-0.2, -0.15) is 0 Å². The summed E-state index contributed by atoms with van der Waals surface area (Å²) in [4.78, 5) is 15.1. The minimum absolute atomic E-state index is 0.308. The monoisotopic (exact) mass is 298 g/mol. The zero-order chi connectivity index (χ0) is 11.6. The topological polar surface area (TPSA) is 42.0 Å². The predicted octanol–water partition coefficient (Wildman–Crippen LogP) is 3.14. The Bertz CT molecular complexity index is 364. The van der Waals surface area contributed by atoms with Crippen molar-refractivity contribution in [3.05, 3.63) is 9.98 Å². The van der Waals surface area contributed by atoms with E-state index in [1.165, 1.54) is 24.5 Å². The van der Waals surface area contributed by atoms with E-state index in [4.69, 9.17) is 0 Å². The molecule has 3 nitrogen and oxygen atoms in total. The lowest BCUT2D eigenvalue weighted by atomic mass is 10.1. The molecular weight excluding hydrogens is 290 g/mol. The van der Waals surface area contributed by atoms with Crippen LogP contribution in [0.2, 0.25) is 0 Å². The summed E-state index contributed by atoms with van der Waals surface area (Å²) in [5.41, 5.74) is 0. The zero-order valence-electron chi connectivity index (χ0n) is 8.05. The Labute approximate surface area is 98.0 Å². The number of amides is 1. The van der Waals surface area contributed by atoms with Crippen molar-refractivity contribution in [2.24, 2.45) is 5.92 Å². The molecule has 0 fully saturated rings. The number of hydrogen-bond donors (Lipinski definition) is 1. The molecule has 1 unspecified atom stereocenters. The molecule has 0 aliphatic rings. The molecule has 0 aliphatic carbocycles. The molecule has 1 aromatic heterocycles. The highest BCUT2D eigenvalue weighted by Crippen LogP contribution is 2.27. The number of hydrogen-bond acceptors (Lipinski definition) is 3. The van der Waals surface area contributed by atoms with Crippen LogP contribution in [0.1, 0.15) is 13.8 Å². The van der Waals surface area contributed by atoms with E-state index in [0.29, 0.717) is 5.13 Å². The highest BCUT2D eigenvalue weighted by Gasteiger charge is 2.36. The normalized spacial score (nSPS) is 13.7. The molecule has 0 spiro atoms. The van der Waals surface area contributed by atoms with E-state index in [0.717, 1.165) is 10.7 Å². The van der Waals surface area contributed by atoms with Crippen LogP contribution in [-0.4, -0.2) is 16.8 Å². The van der Waals surface area contributed by atoms with Crippen molar-refractivity contribution in [1.29, 1.82) is 0 Å². The SMILES string of the molecule is CC(C(=O)Nc1ncc(Br)s1)C(C)(F)F. The molecule has 15 heavy (non-hydrogen) atoms. The summed E-state index contributed by atoms with van der Waals surface area (Å²) in [6.07, 6.45) is 1.50. The van der Waals surface area contributed by atoms with Crippen LogP contribution in [0.25, 0.3) is 0 Å². The molecule has 0 aromatic carbocycles. The van der Waals surface area contributed by atoms with Crippen LogP contribution in [0.15, 0.2) is 9.98 Å². The summed E-state index contributed by atoms with van der Waals surface area (Å²) in [6.45, 7) is 1.90. The maximum absolute atomic E-state index is 12.8. The third-order valence-corrected chi connectivity index (χ3v) is 3.25. The Kier molecular flexibility index (Phi) is 3.77. The number of anilines is 1. The van der Waals surface area contributed by atoms with Crippen LogP contribution < -0.4 is 5.32 Å². The average molecular weight is 299 g/mol. The fourth-order valence-electron chi connectivity index (χ4n) is 0.756. The molecule has 1 amide bonds. The quantitative estimate of drug-likeness (QED) is 0.931. The molecule has 7 heteroatoms. The number of halogens is 3. The Morgan fingerprint density at radius 3 is 2.73 bits per heavy atom. The van der Waals surface area contributed by atoms with Gasteiger partial charge in [-0.15, -0.1) is 0 Å². The van der Waals surface area contributed by atoms with Crippen molar-refractivity contribution in [2.75, 3.05) is 5.32 Å². The van der Waals surface area contributed by atoms with Gasteiger partial charge in [-0.3, -0.25) is 4.79 Å². The van der Waals surface area contributed by atoms with Crippen LogP contribution in [0.4, 0.5) is 13.9 Å². The van der Waals surface area contributed by atoms with E-state index in [2.05, 4.69) is 26.2 Å². The second-order valence-electron chi connectivity index (χ2n) is 3.14. The van der Waals surface area contributed by atoms with Gasteiger partial charge in [0, 0.05) is 6.92 Å². The van der Waals surface area contributed by atoms with Crippen molar-refractivity contribution in [3.63, 3.8) is 0 Å². The smallest absolute Gasteiger partial charge is 0.256 e. The minimum Gasteiger partial charge on any atom is -0.302 e. The first-order valence-electron chi connectivity index (χ1n) is 4.10. The van der Waals surface area contributed by atoms with Gasteiger partial charge in [-0.25, -0.2) is 13.8 Å². The molecule has 0 bridgehead atoms. The van der Waals surface area contributed by atoms with E-state index in [1.807, 2.05) is 0 Å². The molecule has 1 atom stereocenters. The second kappa shape index (κ2) is 4.52. The largest absolute Gasteiger partial charge is 0.302 e. The molecule has 0 saturated carbocycles. The molecule has 84 valence electrons. The molecular formula is C8H9BrF2N2OS. The molecule has 0 aliphatic heterocycles. The van der Waals surface area contributed by atoms with Gasteiger partial charge >= 0.3 is 0 Å². The van der Waals surface area contributed by atoms with Gasteiger partial charge in [0.2, 0.25) is 5.91 Å². The lowest BCUT2D eigenvalue weighted by Crippen LogP contribution is -2.33. The van der Waals surface area contributed by atoms with E-state index in [1.54, 1.807) is 0 Å². The first-order valence-corrected chi connectivity index (χ1v) is 5.71. The maximum Gasteiger partial charge on any atom is 0.256 e. The third kappa shape index (κ3) is 3.49. The molecule has 1 N–H and O–H groups in total. The van der Waals surface area contributed by atoms with Crippen molar-refractivity contribution in [2.45, 2.75) is 19.8 Å². The number of rotatable bonds is 3. The second-order valence-corrected chi connectivity index (χ2v) is 5.55. The molecule has 0 radical (unpaired) electrons. The van der Waals surface area contributed by atoms with Crippen LogP contribution >= 0.6 is 27.3 Å². The van der Waals surface area contributed by atoms with Gasteiger partial charge in [0.05, 0.1) is 15.9 Å². The number of alkyl halides is 2. The van der Waals surface area contributed by atoms with Crippen molar-refractivity contribution in [3.8, 4) is 0 Å². The van der Waals surface area contributed by atoms with E-state index >= 15 is 0 Å². The number of nitrogens with zero attached hydrogens (tertiary/aromatic N) is 1. The van der Waals surface area contributed by atoms with Crippen LogP contribution in [0, 0.1) is 5.92 Å². The Morgan fingerprint density at radius 1 is 1.73 bits per heavy atom. The number of carbonyl (C=O) groups is 1. The third-order valence-electron chi connectivity index (χ3n) is 1.86. The summed E-state index contributed by atoms with van der Waals surface area (Å²) in [6, 6.07) is 0. The average Bonchev–Trinajstić information content (AvgIpc) is 2.48. The number of carbonyl (C=O) groups excluding carboxylic acids is 1. The molecule has 0 saturated heterocycles. The van der Waals surface area contributed by atoms with Gasteiger partial charge in [-0.1, -0.05) is 11.3 Å². The van der Waals surface area contributed by atoms with Crippen LogP contribution in [0.3, 0.4) is 0 Å². The summed E-state index contributed by atoms with van der Waals surface area (Å²) in [7, 11) is 0. The Morgan fingerprint density at radius 2 is 2.33 bits per heavy atom. The highest BCUT2D eigenvalue weighted by molar-refractivity contribution is 9.11. The summed E-state index contributed by atoms with van der Waals surface area (Å²) >= 11 is 4.33. The standard InChI is InChI=1S/C8H9BrF2N2OS/c1-4(8(2,10)11)6(14)13-7-12-3-5(9)15-7/h3-4H,1-2H3,(H,12,13,14). The Balaban J connectivity index is 2.64. The van der Waals surface area contributed by atoms with Crippen LogP contribution in [-0.2, 0) is 4.79 Å². The minimum atomic E-state index is -3.03. The van der Waals surface area contributed by atoms with E-state index < -0.39 is 17.7 Å². The fourth-order valence-corrected chi connectivity index (χ4v) is 1.87. The van der Waals surface area contributed by atoms with Gasteiger partial charge in [0.25, 0.3) is 5.92 Å². The number of nitrogens with one attached hydrogen (secondary N) is 1. The highest BCUT2D eigenvalue weighted by atomic mass is 79.9. The fraction of sp³-hybridized carbons (Fsp3) is 0.500. The maximum atomic E-state index is 12.8. The predicted molar refractivity (Wildman–Crippen MR) is 58.2 cm³/mol. The summed E-state index contributed by atoms with van der Waals surface area (Å²) in [5, 5.41) is 2.64. The first-order chi connectivity index (χ1) is 6.80. The van der Waals surface area contributed by atoms with Crippen LogP contribution in [0.5, 0.6) is 0 Å². The van der Waals surface area contributed by atoms with Crippen molar-refractivity contribution < 1.29 is 13.6 Å². The summed E-state index contributed by atoms with van der Waals surface area (Å²) in [5.74, 6) is -5.14. The van der Waals surface area contributed by atoms with Crippen molar-refractivity contribution in [1.82, 2.24) is 4.98 Å². The summed E-state index contributed by atoms with van der Waals surface area (Å²) < 4.78 is 26.3. The molecule has 1 rings (SSSR count). The molecule has 1 heterocycles. The first kappa shape index (κ1) is 12.5. The number of thiazole rings is 1. The number of aromatic nitrogens is 1. The van der Waals surface area contributed by atoms with Gasteiger partial charge in [0.1, 0.15) is 0 Å². The van der Waals surface area contributed by atoms with Gasteiger partial charge in [-0.05, 0) is 22.9 Å². The van der Waals surface area contributed by atoms with Gasteiger partial charge in [0.15, 0.2) is 5.13 Å². The molecule has 1 aromatic rings. The van der Waals surface area contributed by atoms with Crippen molar-refractivity contribution >= 4 is 38.3 Å². The van der Waals surface area contributed by atoms with Gasteiger partial charge < -0.3 is 5.32 Å². The van der Waals surface area contributed by atoms with E-state index in [9.17, 15) is 13.6 Å². The lowest BCUT2D eigenvalue weighted by Gasteiger charge is -2.17. The van der Waals surface area contributed by atoms with E-state index in [-0.39, 0.29) is 0 Å².